The molecular weight excluding hydrogens is 672 g/mol. The third-order valence-electron chi connectivity index (χ3n) is 11.3. The molecule has 2 aliphatic heterocycles. The largest absolute Gasteiger partial charge is 0.490 e. The summed E-state index contributed by atoms with van der Waals surface area (Å²) in [6.45, 7) is 4.44. The monoisotopic (exact) mass is 722 g/mol. The Hall–Kier alpha value is -3.60. The van der Waals surface area contributed by atoms with Gasteiger partial charge in [-0.25, -0.2) is 9.59 Å². The van der Waals surface area contributed by atoms with Gasteiger partial charge in [0.1, 0.15) is 12.4 Å². The van der Waals surface area contributed by atoms with Gasteiger partial charge in [-0.05, 0) is 97.7 Å². The average molecular weight is 723 g/mol. The molecule has 0 unspecified atom stereocenters. The van der Waals surface area contributed by atoms with Crippen molar-refractivity contribution in [3.05, 3.63) is 70.3 Å². The highest BCUT2D eigenvalue weighted by atomic mass is 35.5. The number of aryl methyl sites for hydroxylation is 1. The van der Waals surface area contributed by atoms with Gasteiger partial charge in [0, 0.05) is 37.1 Å². The van der Waals surface area contributed by atoms with Gasteiger partial charge in [0.15, 0.2) is 5.60 Å². The molecule has 0 aromatic heterocycles. The Morgan fingerprint density at radius 3 is 2.76 bits per heavy atom. The molecule has 2 aromatic carbocycles. The summed E-state index contributed by atoms with van der Waals surface area (Å²) in [6.07, 6.45) is 10.3. The summed E-state index contributed by atoms with van der Waals surface area (Å²) in [6, 6.07) is 11.4. The van der Waals surface area contributed by atoms with E-state index in [2.05, 4.69) is 24.0 Å². The van der Waals surface area contributed by atoms with Crippen LogP contribution < -0.4 is 9.64 Å². The molecule has 4 aliphatic rings. The van der Waals surface area contributed by atoms with Crippen molar-refractivity contribution >= 4 is 35.1 Å². The number of hydrogen-bond donors (Lipinski definition) is 1. The molecule has 1 fully saturated rings. The van der Waals surface area contributed by atoms with Gasteiger partial charge in [0.05, 0.1) is 38.5 Å². The summed E-state index contributed by atoms with van der Waals surface area (Å²) in [5, 5.41) is 12.7. The number of aliphatic hydroxyl groups is 1. The van der Waals surface area contributed by atoms with Gasteiger partial charge >= 0.3 is 11.9 Å². The van der Waals surface area contributed by atoms with Crippen molar-refractivity contribution < 1.29 is 38.4 Å². The van der Waals surface area contributed by atoms with Crippen LogP contribution in [0.25, 0.3) is 0 Å². The van der Waals surface area contributed by atoms with Gasteiger partial charge < -0.3 is 33.9 Å². The maximum atomic E-state index is 13.5. The second-order valence-corrected chi connectivity index (χ2v) is 15.1. The predicted molar refractivity (Wildman–Crippen MR) is 194 cm³/mol. The molecule has 0 radical (unpaired) electrons. The van der Waals surface area contributed by atoms with Gasteiger partial charge in [-0.15, -0.1) is 0 Å². The molecule has 10 nitrogen and oxygen atoms in total. The van der Waals surface area contributed by atoms with E-state index < -0.39 is 23.9 Å². The minimum atomic E-state index is -2.20. The van der Waals surface area contributed by atoms with Crippen LogP contribution >= 0.6 is 11.6 Å². The summed E-state index contributed by atoms with van der Waals surface area (Å²) < 4.78 is 23.4. The Bertz CT molecular complexity index is 1630. The fraction of sp³-hybridized carbons (Fsp3) is 0.575. The first kappa shape index (κ1) is 37.2. The van der Waals surface area contributed by atoms with E-state index in [4.69, 9.17) is 30.5 Å². The van der Waals surface area contributed by atoms with E-state index in [1.807, 2.05) is 18.2 Å². The quantitative estimate of drug-likeness (QED) is 0.217. The molecule has 5 atom stereocenters. The topological polar surface area (TPSA) is 115 Å². The molecule has 51 heavy (non-hydrogen) atoms. The summed E-state index contributed by atoms with van der Waals surface area (Å²) in [5.41, 5.74) is 0.956. The SMILES string of the molecule is CCCCOC(=O)CO[C@H]1/C=C/CCN(C)C(=O)C[C@](O)(C(=O)OC)c2ccc3c(c2)N(C[C@@H]2CC[C@H]21)C[C@@]1(CCCc2cc(Cl)ccc21)CO3. The molecule has 1 saturated carbocycles. The number of carbonyl (C=O) groups excluding carboxylic acids is 3. The van der Waals surface area contributed by atoms with E-state index >= 15 is 0 Å². The number of rotatable bonds is 7. The number of fused-ring (bicyclic) bond motifs is 4. The number of halogens is 1. The molecule has 0 saturated heterocycles. The van der Waals surface area contributed by atoms with E-state index in [9.17, 15) is 19.5 Å². The van der Waals surface area contributed by atoms with Crippen molar-refractivity contribution in [2.75, 3.05) is 58.5 Å². The second kappa shape index (κ2) is 16.0. The van der Waals surface area contributed by atoms with Crippen LogP contribution in [0.3, 0.4) is 0 Å². The fourth-order valence-corrected chi connectivity index (χ4v) is 8.40. The summed E-state index contributed by atoms with van der Waals surface area (Å²) >= 11 is 6.46. The number of amides is 1. The Morgan fingerprint density at radius 2 is 2.00 bits per heavy atom. The molecule has 1 amide bonds. The number of methoxy groups -OCH3 is 1. The van der Waals surface area contributed by atoms with Gasteiger partial charge in [0.25, 0.3) is 0 Å². The third-order valence-corrected chi connectivity index (χ3v) is 11.6. The highest BCUT2D eigenvalue weighted by molar-refractivity contribution is 6.30. The fourth-order valence-electron chi connectivity index (χ4n) is 8.20. The molecular formula is C40H51ClN2O8. The summed E-state index contributed by atoms with van der Waals surface area (Å²) in [4.78, 5) is 43.2. The van der Waals surface area contributed by atoms with E-state index in [-0.39, 0.29) is 41.5 Å². The van der Waals surface area contributed by atoms with Crippen molar-refractivity contribution in [3.63, 3.8) is 0 Å². The van der Waals surface area contributed by atoms with Gasteiger partial charge in [-0.1, -0.05) is 49.2 Å². The van der Waals surface area contributed by atoms with Crippen LogP contribution in [0.15, 0.2) is 48.6 Å². The lowest BCUT2D eigenvalue weighted by Crippen LogP contribution is -2.50. The van der Waals surface area contributed by atoms with Crippen molar-refractivity contribution in [2.45, 2.75) is 81.8 Å². The Labute approximate surface area is 306 Å². The smallest absolute Gasteiger partial charge is 0.343 e. The zero-order valence-corrected chi connectivity index (χ0v) is 30.8. The number of nitrogens with zero attached hydrogens (tertiary/aromatic N) is 2. The number of ether oxygens (including phenoxy) is 4. The number of carbonyl (C=O) groups is 3. The Balaban J connectivity index is 1.39. The molecule has 276 valence electrons. The van der Waals surface area contributed by atoms with Crippen LogP contribution in [0.5, 0.6) is 5.75 Å². The maximum absolute atomic E-state index is 13.5. The highest BCUT2D eigenvalue weighted by Crippen LogP contribution is 2.48. The summed E-state index contributed by atoms with van der Waals surface area (Å²) in [7, 11) is 2.87. The number of esters is 2. The molecule has 2 aromatic rings. The minimum Gasteiger partial charge on any atom is -0.490 e. The van der Waals surface area contributed by atoms with E-state index in [1.165, 1.54) is 23.1 Å². The number of hydrogen-bond acceptors (Lipinski definition) is 9. The molecule has 11 heteroatoms. The number of benzene rings is 2. The Morgan fingerprint density at radius 1 is 1.16 bits per heavy atom. The normalized spacial score (nSPS) is 28.4. The van der Waals surface area contributed by atoms with Crippen molar-refractivity contribution in [3.8, 4) is 5.75 Å². The van der Waals surface area contributed by atoms with Crippen molar-refractivity contribution in [1.29, 1.82) is 0 Å². The van der Waals surface area contributed by atoms with Crippen LogP contribution in [0.1, 0.15) is 75.0 Å². The minimum absolute atomic E-state index is 0.126. The lowest BCUT2D eigenvalue weighted by atomic mass is 9.68. The van der Waals surface area contributed by atoms with Crippen molar-refractivity contribution in [2.24, 2.45) is 11.8 Å². The molecule has 2 aliphatic carbocycles. The number of anilines is 1. The zero-order valence-electron chi connectivity index (χ0n) is 30.0. The molecule has 6 rings (SSSR count). The molecule has 1 N–H and O–H groups in total. The van der Waals surface area contributed by atoms with Crippen LogP contribution in [-0.2, 0) is 46.0 Å². The average Bonchev–Trinajstić information content (AvgIpc) is 3.26. The van der Waals surface area contributed by atoms with Crippen molar-refractivity contribution in [1.82, 2.24) is 4.90 Å². The third kappa shape index (κ3) is 7.93. The van der Waals surface area contributed by atoms with E-state index in [0.29, 0.717) is 50.0 Å². The van der Waals surface area contributed by atoms with Crippen LogP contribution in [-0.4, -0.2) is 87.6 Å². The van der Waals surface area contributed by atoms with E-state index in [0.717, 1.165) is 50.6 Å². The van der Waals surface area contributed by atoms with Gasteiger partial charge in [-0.2, -0.15) is 0 Å². The van der Waals surface area contributed by atoms with E-state index in [1.54, 1.807) is 25.2 Å². The molecule has 2 bridgehead atoms. The second-order valence-electron chi connectivity index (χ2n) is 14.7. The lowest BCUT2D eigenvalue weighted by Gasteiger charge is -2.46. The number of unbranched alkanes of at least 4 members (excludes halogenated alkanes) is 1. The predicted octanol–water partition coefficient (Wildman–Crippen LogP) is 5.74. The zero-order chi connectivity index (χ0) is 36.2. The maximum Gasteiger partial charge on any atom is 0.343 e. The standard InChI is InChI=1S/C40H51ClN2O8/c1-4-5-19-49-37(45)24-50-34-10-6-7-18-42(2)36(44)22-40(47,38(46)48-3)29-12-16-35-33(21-29)43(23-28-11-14-31(28)34)25-39(26-51-35)17-8-9-27-20-30(41)13-15-32(27)39/h6,10,12-13,15-16,20-21,28,31,34,47H,4-5,7-9,11,14,17-19,22-26H2,1-3H3/b10-6+/t28-,31+,34-,39-,40+/m0/s1. The van der Waals surface area contributed by atoms with Crippen LogP contribution in [0.2, 0.25) is 5.02 Å². The molecule has 1 spiro atoms. The lowest BCUT2D eigenvalue weighted by molar-refractivity contribution is -0.168. The van der Waals surface area contributed by atoms with Crippen LogP contribution in [0, 0.1) is 11.8 Å². The first-order valence-electron chi connectivity index (χ1n) is 18.4. The van der Waals surface area contributed by atoms with Gasteiger partial charge in [0.2, 0.25) is 5.91 Å². The van der Waals surface area contributed by atoms with Crippen LogP contribution in [0.4, 0.5) is 5.69 Å². The molecule has 2 heterocycles. The first-order chi connectivity index (χ1) is 24.6. The summed E-state index contributed by atoms with van der Waals surface area (Å²) in [5.74, 6) is -0.641. The van der Waals surface area contributed by atoms with Gasteiger partial charge in [-0.3, -0.25) is 4.79 Å². The first-order valence-corrected chi connectivity index (χ1v) is 18.7. The highest BCUT2D eigenvalue weighted by Gasteiger charge is 2.47. The Kier molecular flexibility index (Phi) is 11.6.